The van der Waals surface area contributed by atoms with E-state index < -0.39 is 0 Å². The minimum absolute atomic E-state index is 0.627. The third kappa shape index (κ3) is 2.01. The van der Waals surface area contributed by atoms with E-state index in [2.05, 4.69) is 21.0 Å². The molecule has 2 rings (SSSR count). The average molecular weight is 287 g/mol. The monoisotopic (exact) mass is 285 g/mol. The van der Waals surface area contributed by atoms with E-state index in [0.717, 1.165) is 15.7 Å². The second-order valence-electron chi connectivity index (χ2n) is 3.23. The largest absolute Gasteiger partial charge is 0.396 e. The lowest BCUT2D eigenvalue weighted by Crippen LogP contribution is -1.89. The van der Waals surface area contributed by atoms with Gasteiger partial charge in [0, 0.05) is 23.3 Å². The van der Waals surface area contributed by atoms with Crippen molar-refractivity contribution in [2.75, 3.05) is 5.73 Å². The SMILES string of the molecule is Cn1cc(N)c(-c2ccc(Br)cc2Cl)n1. The van der Waals surface area contributed by atoms with Gasteiger partial charge < -0.3 is 5.73 Å². The number of benzene rings is 1. The predicted octanol–water partition coefficient (Wildman–Crippen LogP) is 3.09. The standard InChI is InChI=1S/C10H9BrClN3/c1-15-5-9(13)10(14-15)7-3-2-6(11)4-8(7)12/h2-5H,13H2,1H3. The van der Waals surface area contributed by atoms with Crippen LogP contribution >= 0.6 is 27.5 Å². The number of aromatic nitrogens is 2. The molecule has 1 heterocycles. The molecule has 5 heteroatoms. The molecule has 1 aromatic carbocycles. The number of rotatable bonds is 1. The number of aryl methyl sites for hydroxylation is 1. The highest BCUT2D eigenvalue weighted by molar-refractivity contribution is 9.10. The highest BCUT2D eigenvalue weighted by Gasteiger charge is 2.10. The van der Waals surface area contributed by atoms with Crippen LogP contribution in [0.15, 0.2) is 28.9 Å². The van der Waals surface area contributed by atoms with E-state index in [1.165, 1.54) is 0 Å². The van der Waals surface area contributed by atoms with Crippen molar-refractivity contribution in [1.29, 1.82) is 0 Å². The first-order valence-corrected chi connectivity index (χ1v) is 5.49. The van der Waals surface area contributed by atoms with E-state index in [-0.39, 0.29) is 0 Å². The Morgan fingerprint density at radius 2 is 2.20 bits per heavy atom. The molecule has 0 unspecified atom stereocenters. The van der Waals surface area contributed by atoms with Crippen LogP contribution in [-0.4, -0.2) is 9.78 Å². The molecule has 0 saturated carbocycles. The zero-order chi connectivity index (χ0) is 11.0. The molecule has 0 bridgehead atoms. The number of hydrogen-bond acceptors (Lipinski definition) is 2. The summed E-state index contributed by atoms with van der Waals surface area (Å²) in [4.78, 5) is 0. The van der Waals surface area contributed by atoms with Crippen LogP contribution in [0.4, 0.5) is 5.69 Å². The second kappa shape index (κ2) is 3.87. The van der Waals surface area contributed by atoms with Gasteiger partial charge in [-0.05, 0) is 12.1 Å². The average Bonchev–Trinajstić information content (AvgIpc) is 2.45. The van der Waals surface area contributed by atoms with Crippen LogP contribution in [0.25, 0.3) is 11.3 Å². The van der Waals surface area contributed by atoms with E-state index in [4.69, 9.17) is 17.3 Å². The Hall–Kier alpha value is -1.00. The van der Waals surface area contributed by atoms with E-state index in [1.807, 2.05) is 25.2 Å². The van der Waals surface area contributed by atoms with Gasteiger partial charge in [0.1, 0.15) is 5.69 Å². The molecule has 15 heavy (non-hydrogen) atoms. The lowest BCUT2D eigenvalue weighted by Gasteiger charge is -2.02. The Labute approximate surface area is 101 Å². The topological polar surface area (TPSA) is 43.8 Å². The molecule has 2 aromatic rings. The maximum absolute atomic E-state index is 6.11. The summed E-state index contributed by atoms with van der Waals surface area (Å²) in [6.07, 6.45) is 1.76. The van der Waals surface area contributed by atoms with Crippen molar-refractivity contribution < 1.29 is 0 Å². The fraction of sp³-hybridized carbons (Fsp3) is 0.100. The summed E-state index contributed by atoms with van der Waals surface area (Å²) in [5, 5.41) is 4.90. The van der Waals surface area contributed by atoms with E-state index in [1.54, 1.807) is 10.9 Å². The summed E-state index contributed by atoms with van der Waals surface area (Å²) >= 11 is 9.46. The molecule has 0 radical (unpaired) electrons. The van der Waals surface area contributed by atoms with Crippen LogP contribution in [0.2, 0.25) is 5.02 Å². The molecule has 0 atom stereocenters. The zero-order valence-corrected chi connectivity index (χ0v) is 10.4. The van der Waals surface area contributed by atoms with Gasteiger partial charge in [-0.25, -0.2) is 0 Å². The van der Waals surface area contributed by atoms with Crippen LogP contribution in [0.3, 0.4) is 0 Å². The number of anilines is 1. The van der Waals surface area contributed by atoms with Crippen molar-refractivity contribution >= 4 is 33.2 Å². The fourth-order valence-corrected chi connectivity index (χ4v) is 2.16. The number of hydrogen-bond donors (Lipinski definition) is 1. The summed E-state index contributed by atoms with van der Waals surface area (Å²) in [5.74, 6) is 0. The molecular weight excluding hydrogens is 277 g/mol. The van der Waals surface area contributed by atoms with Crippen LogP contribution in [0, 0.1) is 0 Å². The molecule has 0 aliphatic carbocycles. The predicted molar refractivity (Wildman–Crippen MR) is 65.8 cm³/mol. The van der Waals surface area contributed by atoms with Crippen molar-refractivity contribution in [1.82, 2.24) is 9.78 Å². The van der Waals surface area contributed by atoms with Crippen molar-refractivity contribution in [3.63, 3.8) is 0 Å². The van der Waals surface area contributed by atoms with E-state index in [0.29, 0.717) is 10.7 Å². The van der Waals surface area contributed by atoms with Gasteiger partial charge in [0.05, 0.1) is 10.7 Å². The van der Waals surface area contributed by atoms with Gasteiger partial charge in [0.25, 0.3) is 0 Å². The number of nitrogens with two attached hydrogens (primary N) is 1. The number of nitrogen functional groups attached to an aromatic ring is 1. The van der Waals surface area contributed by atoms with Crippen molar-refractivity contribution in [3.05, 3.63) is 33.9 Å². The fourth-order valence-electron chi connectivity index (χ4n) is 1.40. The van der Waals surface area contributed by atoms with Gasteiger partial charge in [-0.2, -0.15) is 5.10 Å². The quantitative estimate of drug-likeness (QED) is 0.875. The smallest absolute Gasteiger partial charge is 0.117 e. The van der Waals surface area contributed by atoms with Crippen LogP contribution < -0.4 is 5.73 Å². The lowest BCUT2D eigenvalue weighted by atomic mass is 10.1. The summed E-state index contributed by atoms with van der Waals surface area (Å²) in [5.41, 5.74) is 8.02. The van der Waals surface area contributed by atoms with Gasteiger partial charge >= 0.3 is 0 Å². The Balaban J connectivity index is 2.59. The van der Waals surface area contributed by atoms with Gasteiger partial charge in [-0.15, -0.1) is 0 Å². The van der Waals surface area contributed by atoms with Crippen molar-refractivity contribution in [2.45, 2.75) is 0 Å². The minimum atomic E-state index is 0.627. The Morgan fingerprint density at radius 3 is 2.73 bits per heavy atom. The minimum Gasteiger partial charge on any atom is -0.396 e. The molecule has 0 aliphatic heterocycles. The first kappa shape index (κ1) is 10.5. The van der Waals surface area contributed by atoms with Crippen LogP contribution in [0.1, 0.15) is 0 Å². The highest BCUT2D eigenvalue weighted by Crippen LogP contribution is 2.32. The lowest BCUT2D eigenvalue weighted by molar-refractivity contribution is 0.771. The third-order valence-electron chi connectivity index (χ3n) is 2.04. The number of halogens is 2. The maximum atomic E-state index is 6.11. The molecular formula is C10H9BrClN3. The molecule has 0 fully saturated rings. The molecule has 0 amide bonds. The zero-order valence-electron chi connectivity index (χ0n) is 8.04. The molecule has 0 saturated heterocycles. The van der Waals surface area contributed by atoms with Crippen LogP contribution in [-0.2, 0) is 7.05 Å². The van der Waals surface area contributed by atoms with Crippen molar-refractivity contribution in [2.24, 2.45) is 7.05 Å². The van der Waals surface area contributed by atoms with Gasteiger partial charge in [-0.1, -0.05) is 33.6 Å². The Morgan fingerprint density at radius 1 is 1.47 bits per heavy atom. The first-order chi connectivity index (χ1) is 7.08. The van der Waals surface area contributed by atoms with Crippen molar-refractivity contribution in [3.8, 4) is 11.3 Å². The molecule has 0 spiro atoms. The van der Waals surface area contributed by atoms with Gasteiger partial charge in [-0.3, -0.25) is 4.68 Å². The summed E-state index contributed by atoms with van der Waals surface area (Å²) in [7, 11) is 1.83. The third-order valence-corrected chi connectivity index (χ3v) is 2.85. The molecule has 1 aromatic heterocycles. The second-order valence-corrected chi connectivity index (χ2v) is 4.55. The first-order valence-electron chi connectivity index (χ1n) is 4.32. The maximum Gasteiger partial charge on any atom is 0.117 e. The van der Waals surface area contributed by atoms with Gasteiger partial charge in [0.2, 0.25) is 0 Å². The molecule has 2 N–H and O–H groups in total. The molecule has 78 valence electrons. The summed E-state index contributed by atoms with van der Waals surface area (Å²) in [6, 6.07) is 5.63. The Kier molecular flexibility index (Phi) is 2.71. The molecule has 3 nitrogen and oxygen atoms in total. The van der Waals surface area contributed by atoms with Crippen LogP contribution in [0.5, 0.6) is 0 Å². The highest BCUT2D eigenvalue weighted by atomic mass is 79.9. The van der Waals surface area contributed by atoms with E-state index in [9.17, 15) is 0 Å². The summed E-state index contributed by atoms with van der Waals surface area (Å²) < 4.78 is 2.61. The van der Waals surface area contributed by atoms with E-state index >= 15 is 0 Å². The summed E-state index contributed by atoms with van der Waals surface area (Å²) in [6.45, 7) is 0. The van der Waals surface area contributed by atoms with Gasteiger partial charge in [0.15, 0.2) is 0 Å². The molecule has 0 aliphatic rings. The number of nitrogens with zero attached hydrogens (tertiary/aromatic N) is 2. The normalized spacial score (nSPS) is 10.6. The Bertz CT molecular complexity index is 507.